The third-order valence-corrected chi connectivity index (χ3v) is 4.77. The summed E-state index contributed by atoms with van der Waals surface area (Å²) in [4.78, 5) is 12.4. The van der Waals surface area contributed by atoms with Crippen LogP contribution >= 0.6 is 11.5 Å². The lowest BCUT2D eigenvalue weighted by atomic mass is 10.1. The molecule has 0 unspecified atom stereocenters. The molecule has 0 fully saturated rings. The summed E-state index contributed by atoms with van der Waals surface area (Å²) in [7, 11) is 1.68. The van der Waals surface area contributed by atoms with E-state index in [1.54, 1.807) is 7.11 Å². The van der Waals surface area contributed by atoms with Crippen LogP contribution in [-0.4, -0.2) is 33.0 Å². The first kappa shape index (κ1) is 16.7. The Labute approximate surface area is 155 Å². The third kappa shape index (κ3) is 3.74. The molecular weight excluding hydrogens is 346 g/mol. The van der Waals surface area contributed by atoms with Crippen LogP contribution < -0.4 is 5.32 Å². The van der Waals surface area contributed by atoms with Crippen molar-refractivity contribution in [1.29, 1.82) is 0 Å². The second-order valence-corrected chi connectivity index (χ2v) is 6.66. The van der Waals surface area contributed by atoms with Crippen molar-refractivity contribution in [3.05, 3.63) is 59.9 Å². The predicted octanol–water partition coefficient (Wildman–Crippen LogP) is 3.88. The second kappa shape index (κ2) is 7.63. The van der Waals surface area contributed by atoms with Crippen LogP contribution in [0.15, 0.2) is 48.5 Å². The van der Waals surface area contributed by atoms with E-state index in [0.717, 1.165) is 39.8 Å². The lowest BCUT2D eigenvalue weighted by molar-refractivity contribution is 0.201. The van der Waals surface area contributed by atoms with Gasteiger partial charge in [-0.15, -0.1) is 0 Å². The molecule has 2 heterocycles. The Kier molecular flexibility index (Phi) is 4.90. The Morgan fingerprint density at radius 1 is 1.08 bits per heavy atom. The quantitative estimate of drug-likeness (QED) is 0.520. The summed E-state index contributed by atoms with van der Waals surface area (Å²) >= 11 is 1.38. The molecule has 0 aliphatic heterocycles. The lowest BCUT2D eigenvalue weighted by Crippen LogP contribution is -2.00. The van der Waals surface area contributed by atoms with Crippen LogP contribution in [0.3, 0.4) is 0 Å². The fourth-order valence-electron chi connectivity index (χ4n) is 2.67. The zero-order valence-electron chi connectivity index (χ0n) is 14.4. The van der Waals surface area contributed by atoms with Crippen LogP contribution in [0.4, 0.5) is 5.13 Å². The van der Waals surface area contributed by atoms with E-state index in [-0.39, 0.29) is 0 Å². The highest BCUT2D eigenvalue weighted by Gasteiger charge is 2.06. The van der Waals surface area contributed by atoms with E-state index < -0.39 is 0 Å². The monoisotopic (exact) mass is 365 g/mol. The van der Waals surface area contributed by atoms with Crippen molar-refractivity contribution in [2.24, 2.45) is 0 Å². The number of methoxy groups -OCH3 is 1. The van der Waals surface area contributed by atoms with E-state index in [0.29, 0.717) is 13.2 Å². The number of aromatic nitrogens is 4. The average Bonchev–Trinajstić information content (AvgIpc) is 3.32. The van der Waals surface area contributed by atoms with Gasteiger partial charge in [-0.3, -0.25) is 0 Å². The summed E-state index contributed by atoms with van der Waals surface area (Å²) in [5.41, 5.74) is 4.28. The van der Waals surface area contributed by atoms with Crippen LogP contribution in [0.1, 0.15) is 11.4 Å². The van der Waals surface area contributed by atoms with Crippen LogP contribution in [0.25, 0.3) is 22.4 Å². The highest BCUT2D eigenvalue weighted by molar-refractivity contribution is 7.09. The Morgan fingerprint density at radius 3 is 2.73 bits per heavy atom. The topological polar surface area (TPSA) is 75.7 Å². The van der Waals surface area contributed by atoms with E-state index in [4.69, 9.17) is 4.74 Å². The van der Waals surface area contributed by atoms with Gasteiger partial charge in [-0.1, -0.05) is 36.4 Å². The molecule has 7 heteroatoms. The predicted molar refractivity (Wildman–Crippen MR) is 104 cm³/mol. The smallest absolute Gasteiger partial charge is 0.202 e. The van der Waals surface area contributed by atoms with Crippen LogP contribution in [0, 0.1) is 0 Å². The van der Waals surface area contributed by atoms with E-state index in [1.165, 1.54) is 17.1 Å². The van der Waals surface area contributed by atoms with Gasteiger partial charge in [-0.25, -0.2) is 9.97 Å². The molecule has 4 rings (SSSR count). The van der Waals surface area contributed by atoms with Gasteiger partial charge in [-0.2, -0.15) is 4.37 Å². The zero-order chi connectivity index (χ0) is 17.8. The van der Waals surface area contributed by atoms with Crippen molar-refractivity contribution in [2.45, 2.75) is 13.0 Å². The minimum Gasteiger partial charge on any atom is -0.384 e. The summed E-state index contributed by atoms with van der Waals surface area (Å²) in [6, 6.07) is 16.4. The Morgan fingerprint density at radius 2 is 1.92 bits per heavy atom. The Hall–Kier alpha value is -2.77. The summed E-state index contributed by atoms with van der Waals surface area (Å²) in [5.74, 6) is 1.71. The summed E-state index contributed by atoms with van der Waals surface area (Å²) in [6.07, 6.45) is 0.737. The van der Waals surface area contributed by atoms with Crippen LogP contribution in [0.2, 0.25) is 0 Å². The van der Waals surface area contributed by atoms with E-state index in [2.05, 4.69) is 48.9 Å². The maximum Gasteiger partial charge on any atom is 0.202 e. The van der Waals surface area contributed by atoms with Crippen molar-refractivity contribution in [3.63, 3.8) is 0 Å². The van der Waals surface area contributed by atoms with Crippen LogP contribution in [0.5, 0.6) is 0 Å². The SMILES string of the molecule is COCCc1nsc(NCc2ccc(-c3nc4ccccc4[nH]3)cc2)n1. The average molecular weight is 365 g/mol. The number of imidazole rings is 1. The molecule has 2 aromatic heterocycles. The Bertz CT molecular complexity index is 960. The van der Waals surface area contributed by atoms with Crippen LogP contribution in [-0.2, 0) is 17.7 Å². The molecule has 2 N–H and O–H groups in total. The number of hydrogen-bond donors (Lipinski definition) is 2. The number of fused-ring (bicyclic) bond motifs is 1. The maximum atomic E-state index is 5.05. The van der Waals surface area contributed by atoms with E-state index in [9.17, 15) is 0 Å². The number of benzene rings is 2. The highest BCUT2D eigenvalue weighted by atomic mass is 32.1. The van der Waals surface area contributed by atoms with Crippen molar-refractivity contribution >= 4 is 27.7 Å². The maximum absolute atomic E-state index is 5.05. The van der Waals surface area contributed by atoms with E-state index >= 15 is 0 Å². The van der Waals surface area contributed by atoms with Crippen molar-refractivity contribution < 1.29 is 4.74 Å². The number of ether oxygens (including phenoxy) is 1. The van der Waals surface area contributed by atoms with Gasteiger partial charge in [0.25, 0.3) is 0 Å². The number of H-pyrrole nitrogens is 1. The number of para-hydroxylation sites is 2. The summed E-state index contributed by atoms with van der Waals surface area (Å²) < 4.78 is 9.36. The second-order valence-electron chi connectivity index (χ2n) is 5.91. The molecule has 2 aromatic carbocycles. The van der Waals surface area contributed by atoms with Gasteiger partial charge < -0.3 is 15.0 Å². The molecule has 4 aromatic rings. The number of aromatic amines is 1. The lowest BCUT2D eigenvalue weighted by Gasteiger charge is -2.03. The molecule has 0 atom stereocenters. The number of nitrogens with zero attached hydrogens (tertiary/aromatic N) is 3. The molecule has 0 spiro atoms. The minimum atomic E-state index is 0.638. The fraction of sp³-hybridized carbons (Fsp3) is 0.211. The van der Waals surface area contributed by atoms with E-state index in [1.807, 2.05) is 24.3 Å². The molecule has 0 aliphatic rings. The molecule has 0 saturated heterocycles. The first-order valence-corrected chi connectivity index (χ1v) is 9.18. The standard InChI is InChI=1S/C19H19N5OS/c1-25-11-10-17-23-19(26-24-17)20-12-13-6-8-14(9-7-13)18-21-15-4-2-3-5-16(15)22-18/h2-9H,10-12H2,1H3,(H,21,22)(H,20,23,24). The zero-order valence-corrected chi connectivity index (χ0v) is 15.2. The molecule has 0 aliphatic carbocycles. The highest BCUT2D eigenvalue weighted by Crippen LogP contribution is 2.21. The van der Waals surface area contributed by atoms with Gasteiger partial charge >= 0.3 is 0 Å². The summed E-state index contributed by atoms with van der Waals surface area (Å²) in [6.45, 7) is 1.35. The first-order chi connectivity index (χ1) is 12.8. The first-order valence-electron chi connectivity index (χ1n) is 8.41. The number of nitrogens with one attached hydrogen (secondary N) is 2. The van der Waals surface area contributed by atoms with Gasteiger partial charge in [0.15, 0.2) is 0 Å². The molecule has 0 bridgehead atoms. The number of anilines is 1. The largest absolute Gasteiger partial charge is 0.384 e. The summed E-state index contributed by atoms with van der Waals surface area (Å²) in [5, 5.41) is 4.15. The minimum absolute atomic E-state index is 0.638. The molecule has 6 nitrogen and oxygen atoms in total. The fourth-order valence-corrected chi connectivity index (χ4v) is 3.28. The van der Waals surface area contributed by atoms with Crippen molar-refractivity contribution in [1.82, 2.24) is 19.3 Å². The molecule has 132 valence electrons. The number of rotatable bonds is 7. The normalized spacial score (nSPS) is 11.1. The molecule has 0 saturated carbocycles. The molecular formula is C19H19N5OS. The van der Waals surface area contributed by atoms with Gasteiger partial charge in [-0.05, 0) is 17.7 Å². The Balaban J connectivity index is 1.40. The van der Waals surface area contributed by atoms with Crippen molar-refractivity contribution in [2.75, 3.05) is 19.0 Å². The molecule has 26 heavy (non-hydrogen) atoms. The number of hydrogen-bond acceptors (Lipinski definition) is 6. The molecule has 0 amide bonds. The van der Waals surface area contributed by atoms with Crippen molar-refractivity contribution in [3.8, 4) is 11.4 Å². The third-order valence-electron chi connectivity index (χ3n) is 4.06. The molecule has 0 radical (unpaired) electrons. The van der Waals surface area contributed by atoms with Gasteiger partial charge in [0.05, 0.1) is 17.6 Å². The van der Waals surface area contributed by atoms with Gasteiger partial charge in [0.2, 0.25) is 5.13 Å². The van der Waals surface area contributed by atoms with Gasteiger partial charge in [0.1, 0.15) is 11.6 Å². The van der Waals surface area contributed by atoms with Gasteiger partial charge in [0, 0.05) is 37.2 Å².